The lowest BCUT2D eigenvalue weighted by atomic mass is 10.2. The summed E-state index contributed by atoms with van der Waals surface area (Å²) in [5.41, 5.74) is 3.31. The lowest BCUT2D eigenvalue weighted by molar-refractivity contribution is -0.384. The van der Waals surface area contributed by atoms with Gasteiger partial charge >= 0.3 is 0 Å². The molecular formula is C19H10Cl2N4O4S2. The van der Waals surface area contributed by atoms with E-state index in [1.807, 2.05) is 0 Å². The normalized spacial score (nSPS) is 11.3. The monoisotopic (exact) mass is 492 g/mol. The van der Waals surface area contributed by atoms with Gasteiger partial charge in [0.25, 0.3) is 11.6 Å². The Bertz CT molecular complexity index is 1340. The molecule has 156 valence electrons. The van der Waals surface area contributed by atoms with Crippen molar-refractivity contribution in [2.24, 2.45) is 5.10 Å². The first-order chi connectivity index (χ1) is 14.9. The lowest BCUT2D eigenvalue weighted by Crippen LogP contribution is -2.17. The molecule has 31 heavy (non-hydrogen) atoms. The van der Waals surface area contributed by atoms with Crippen LogP contribution in [0.4, 0.5) is 5.69 Å². The Morgan fingerprint density at radius 2 is 2.06 bits per heavy atom. The van der Waals surface area contributed by atoms with Gasteiger partial charge < -0.3 is 4.42 Å². The molecule has 0 spiro atoms. The number of nitrogens with one attached hydrogen (secondary N) is 1. The molecular weight excluding hydrogens is 483 g/mol. The van der Waals surface area contributed by atoms with Crippen LogP contribution in [0.2, 0.25) is 10.0 Å². The minimum atomic E-state index is -0.484. The number of nitro groups is 1. The number of nitro benzene ring substituents is 1. The van der Waals surface area contributed by atoms with Crippen molar-refractivity contribution in [3.63, 3.8) is 0 Å². The molecule has 2 aromatic heterocycles. The maximum absolute atomic E-state index is 12.1. The number of non-ortho nitro benzene ring substituents is 1. The Labute approximate surface area is 193 Å². The largest absolute Gasteiger partial charge is 0.448 e. The van der Waals surface area contributed by atoms with Crippen LogP contribution in [0.15, 0.2) is 67.5 Å². The molecule has 2 aromatic carbocycles. The van der Waals surface area contributed by atoms with E-state index in [4.69, 9.17) is 27.6 Å². The Morgan fingerprint density at radius 3 is 2.84 bits per heavy atom. The average Bonchev–Trinajstić information content (AvgIpc) is 3.33. The zero-order valence-corrected chi connectivity index (χ0v) is 18.4. The highest BCUT2D eigenvalue weighted by Crippen LogP contribution is 2.36. The highest BCUT2D eigenvalue weighted by molar-refractivity contribution is 8.01. The van der Waals surface area contributed by atoms with E-state index in [9.17, 15) is 14.9 Å². The van der Waals surface area contributed by atoms with Gasteiger partial charge in [-0.1, -0.05) is 23.2 Å². The smallest absolute Gasteiger partial charge is 0.272 e. The highest BCUT2D eigenvalue weighted by Gasteiger charge is 2.13. The second kappa shape index (κ2) is 9.06. The molecule has 4 aromatic rings. The van der Waals surface area contributed by atoms with Gasteiger partial charge in [-0.15, -0.1) is 11.3 Å². The highest BCUT2D eigenvalue weighted by atomic mass is 35.5. The number of carbonyl (C=O) groups is 1. The van der Waals surface area contributed by atoms with Crippen LogP contribution < -0.4 is 5.43 Å². The van der Waals surface area contributed by atoms with Crippen LogP contribution in [0.25, 0.3) is 10.2 Å². The van der Waals surface area contributed by atoms with Crippen molar-refractivity contribution in [3.8, 4) is 0 Å². The van der Waals surface area contributed by atoms with Gasteiger partial charge in [0.1, 0.15) is 5.76 Å². The third-order valence-electron chi connectivity index (χ3n) is 3.89. The third kappa shape index (κ3) is 5.05. The van der Waals surface area contributed by atoms with Gasteiger partial charge in [0.05, 0.1) is 31.9 Å². The van der Waals surface area contributed by atoms with E-state index >= 15 is 0 Å². The summed E-state index contributed by atoms with van der Waals surface area (Å²) in [7, 11) is 0. The van der Waals surface area contributed by atoms with E-state index in [1.165, 1.54) is 53.6 Å². The van der Waals surface area contributed by atoms with Crippen molar-refractivity contribution < 1.29 is 14.1 Å². The number of hydrogen-bond acceptors (Lipinski definition) is 8. The third-order valence-corrected chi connectivity index (χ3v) is 6.43. The van der Waals surface area contributed by atoms with Gasteiger partial charge in [0.2, 0.25) is 0 Å². The van der Waals surface area contributed by atoms with Crippen molar-refractivity contribution >= 4 is 74.3 Å². The average molecular weight is 493 g/mol. The van der Waals surface area contributed by atoms with Crippen molar-refractivity contribution in [2.45, 2.75) is 9.43 Å². The Morgan fingerprint density at radius 1 is 1.23 bits per heavy atom. The molecule has 2 heterocycles. The van der Waals surface area contributed by atoms with Gasteiger partial charge in [-0.2, -0.15) is 5.10 Å². The zero-order chi connectivity index (χ0) is 22.0. The molecule has 0 aliphatic carbocycles. The van der Waals surface area contributed by atoms with Gasteiger partial charge in [0.15, 0.2) is 9.43 Å². The Kier molecular flexibility index (Phi) is 6.23. The molecule has 0 bridgehead atoms. The predicted octanol–water partition coefficient (Wildman–Crippen LogP) is 6.02. The van der Waals surface area contributed by atoms with E-state index in [0.717, 1.165) is 0 Å². The number of hydrazone groups is 1. The molecule has 0 saturated carbocycles. The number of furan rings is 1. The first kappa shape index (κ1) is 21.3. The molecule has 12 heteroatoms. The summed E-state index contributed by atoms with van der Waals surface area (Å²) in [6.07, 6.45) is 1.35. The minimum Gasteiger partial charge on any atom is -0.448 e. The molecule has 1 N–H and O–H groups in total. The van der Waals surface area contributed by atoms with Gasteiger partial charge in [-0.05, 0) is 48.2 Å². The minimum absolute atomic E-state index is 0.0196. The quantitative estimate of drug-likeness (QED) is 0.200. The molecule has 8 nitrogen and oxygen atoms in total. The van der Waals surface area contributed by atoms with E-state index in [-0.39, 0.29) is 16.3 Å². The number of halogens is 2. The van der Waals surface area contributed by atoms with Crippen LogP contribution in [0, 0.1) is 10.1 Å². The standard InChI is InChI=1S/C19H10Cl2N4O4S2/c20-10-1-4-13(14(21)7-10)18(26)24-22-9-12-3-6-17(29-12)31-19-23-15-5-2-11(25(27)28)8-16(15)30-19/h1-9H,(H,24,26)/b22-9-. The number of thiazole rings is 1. The summed E-state index contributed by atoms with van der Waals surface area (Å²) < 4.78 is 7.05. The van der Waals surface area contributed by atoms with Crippen LogP contribution in [-0.4, -0.2) is 22.0 Å². The molecule has 0 aliphatic rings. The summed E-state index contributed by atoms with van der Waals surface area (Å²) in [5, 5.41) is 16.0. The molecule has 0 radical (unpaired) electrons. The molecule has 0 aliphatic heterocycles. The molecule has 0 fully saturated rings. The van der Waals surface area contributed by atoms with E-state index in [2.05, 4.69) is 15.5 Å². The Hall–Kier alpha value is -2.92. The van der Waals surface area contributed by atoms with Crippen LogP contribution in [0.3, 0.4) is 0 Å². The summed E-state index contributed by atoms with van der Waals surface area (Å²) >= 11 is 14.4. The molecule has 1 amide bonds. The maximum Gasteiger partial charge on any atom is 0.272 e. The van der Waals surface area contributed by atoms with Crippen LogP contribution in [-0.2, 0) is 0 Å². The topological polar surface area (TPSA) is 111 Å². The second-order valence-corrected chi connectivity index (χ2v) is 9.10. The number of nitrogens with zero attached hydrogens (tertiary/aromatic N) is 3. The first-order valence-corrected chi connectivity index (χ1v) is 10.9. The Balaban J connectivity index is 1.40. The molecule has 4 rings (SSSR count). The number of hydrogen-bond donors (Lipinski definition) is 1. The number of carbonyl (C=O) groups excluding carboxylic acids is 1. The van der Waals surface area contributed by atoms with E-state index < -0.39 is 10.8 Å². The zero-order valence-electron chi connectivity index (χ0n) is 15.2. The fourth-order valence-electron chi connectivity index (χ4n) is 2.48. The van der Waals surface area contributed by atoms with Gasteiger partial charge in [-0.3, -0.25) is 14.9 Å². The van der Waals surface area contributed by atoms with E-state index in [0.29, 0.717) is 30.4 Å². The first-order valence-electron chi connectivity index (χ1n) is 8.50. The summed E-state index contributed by atoms with van der Waals surface area (Å²) in [6, 6.07) is 12.5. The van der Waals surface area contributed by atoms with Crippen LogP contribution in [0.5, 0.6) is 0 Å². The maximum atomic E-state index is 12.1. The SMILES string of the molecule is O=C(N/N=C\c1ccc(Sc2nc3ccc([N+](=O)[O-])cc3s2)o1)c1ccc(Cl)cc1Cl. The number of amides is 1. The fraction of sp³-hybridized carbons (Fsp3) is 0. The second-order valence-electron chi connectivity index (χ2n) is 5.97. The van der Waals surface area contributed by atoms with Crippen molar-refractivity contribution in [1.82, 2.24) is 10.4 Å². The van der Waals surface area contributed by atoms with Crippen molar-refractivity contribution in [1.29, 1.82) is 0 Å². The molecule has 0 saturated heterocycles. The van der Waals surface area contributed by atoms with E-state index in [1.54, 1.807) is 24.3 Å². The lowest BCUT2D eigenvalue weighted by Gasteiger charge is -2.02. The summed E-state index contributed by atoms with van der Waals surface area (Å²) in [4.78, 5) is 27.0. The van der Waals surface area contributed by atoms with Crippen molar-refractivity contribution in [2.75, 3.05) is 0 Å². The molecule has 0 unspecified atom stereocenters. The van der Waals surface area contributed by atoms with Gasteiger partial charge in [-0.25, -0.2) is 10.4 Å². The number of benzene rings is 2. The van der Waals surface area contributed by atoms with Crippen LogP contribution >= 0.6 is 46.3 Å². The summed E-state index contributed by atoms with van der Waals surface area (Å²) in [6.45, 7) is 0. The van der Waals surface area contributed by atoms with Crippen molar-refractivity contribution in [3.05, 3.63) is 80.0 Å². The molecule has 0 atom stereocenters. The predicted molar refractivity (Wildman–Crippen MR) is 121 cm³/mol. The number of fused-ring (bicyclic) bond motifs is 1. The van der Waals surface area contributed by atoms with Gasteiger partial charge in [0, 0.05) is 17.2 Å². The number of aromatic nitrogens is 1. The number of rotatable bonds is 6. The fourth-order valence-corrected chi connectivity index (χ4v) is 4.98. The summed E-state index contributed by atoms with van der Waals surface area (Å²) in [5.74, 6) is -0.0654. The van der Waals surface area contributed by atoms with Crippen LogP contribution in [0.1, 0.15) is 16.1 Å².